The third kappa shape index (κ3) is 3.24. The molecule has 1 aliphatic heterocycles. The van der Waals surface area contributed by atoms with Gasteiger partial charge in [-0.1, -0.05) is 12.8 Å². The van der Waals surface area contributed by atoms with Crippen LogP contribution in [0.2, 0.25) is 0 Å². The predicted octanol–water partition coefficient (Wildman–Crippen LogP) is -0.213. The van der Waals surface area contributed by atoms with Crippen LogP contribution in [0.4, 0.5) is 0 Å². The molecule has 0 radical (unpaired) electrons. The van der Waals surface area contributed by atoms with Crippen molar-refractivity contribution in [3.63, 3.8) is 0 Å². The summed E-state index contributed by atoms with van der Waals surface area (Å²) in [5.41, 5.74) is 0. The maximum Gasteiger partial charge on any atom is 0.325 e. The highest BCUT2D eigenvalue weighted by Crippen LogP contribution is 2.32. The van der Waals surface area contributed by atoms with Crippen molar-refractivity contribution in [2.75, 3.05) is 6.54 Å². The van der Waals surface area contributed by atoms with Crippen LogP contribution in [0.25, 0.3) is 0 Å². The van der Waals surface area contributed by atoms with Crippen LogP contribution in [0, 0.1) is 11.8 Å². The standard InChI is InChI=1S/C12H15NO6S/c14-10-5-6-11(15)13(10)7-8-3-1-2-4-9(8)12(16)19-20(17)18/h5-6,8-9,20H,1-4,7H2. The Morgan fingerprint density at radius 1 is 1.20 bits per heavy atom. The average Bonchev–Trinajstić information content (AvgIpc) is 2.70. The lowest BCUT2D eigenvalue weighted by molar-refractivity contribution is -0.145. The minimum Gasteiger partial charge on any atom is -0.347 e. The van der Waals surface area contributed by atoms with Crippen molar-refractivity contribution in [2.45, 2.75) is 25.7 Å². The molecule has 2 unspecified atom stereocenters. The highest BCUT2D eigenvalue weighted by atomic mass is 32.2. The molecular weight excluding hydrogens is 286 g/mol. The van der Waals surface area contributed by atoms with Gasteiger partial charge in [0.05, 0.1) is 5.92 Å². The lowest BCUT2D eigenvalue weighted by Crippen LogP contribution is -2.40. The molecule has 1 heterocycles. The first-order valence-corrected chi connectivity index (χ1v) is 7.48. The van der Waals surface area contributed by atoms with Crippen molar-refractivity contribution in [3.05, 3.63) is 12.2 Å². The number of rotatable bonds is 4. The minimum absolute atomic E-state index is 0.125. The summed E-state index contributed by atoms with van der Waals surface area (Å²) in [4.78, 5) is 35.9. The van der Waals surface area contributed by atoms with E-state index in [1.54, 1.807) is 0 Å². The molecule has 2 amide bonds. The number of imide groups is 1. The van der Waals surface area contributed by atoms with Gasteiger partial charge in [0.2, 0.25) is 0 Å². The quantitative estimate of drug-likeness (QED) is 0.570. The van der Waals surface area contributed by atoms with Crippen LogP contribution < -0.4 is 0 Å². The SMILES string of the molecule is O=C(O[SH](=O)=O)C1CCCCC1CN1C(=O)C=CC1=O. The van der Waals surface area contributed by atoms with Crippen molar-refractivity contribution < 1.29 is 27.0 Å². The number of amides is 2. The van der Waals surface area contributed by atoms with Gasteiger partial charge >= 0.3 is 17.0 Å². The summed E-state index contributed by atoms with van der Waals surface area (Å²) in [7, 11) is -3.23. The number of hydrogen-bond acceptors (Lipinski definition) is 6. The van der Waals surface area contributed by atoms with E-state index in [-0.39, 0.29) is 12.5 Å². The molecular formula is C12H15NO6S. The molecule has 0 bridgehead atoms. The first-order chi connectivity index (χ1) is 9.49. The zero-order chi connectivity index (χ0) is 14.7. The summed E-state index contributed by atoms with van der Waals surface area (Å²) in [5.74, 6) is -2.43. The fraction of sp³-hybridized carbons (Fsp3) is 0.583. The van der Waals surface area contributed by atoms with E-state index < -0.39 is 34.7 Å². The Balaban J connectivity index is 2.05. The fourth-order valence-electron chi connectivity index (χ4n) is 2.72. The van der Waals surface area contributed by atoms with E-state index in [1.807, 2.05) is 0 Å². The van der Waals surface area contributed by atoms with Crippen LogP contribution in [0.5, 0.6) is 0 Å². The lowest BCUT2D eigenvalue weighted by Gasteiger charge is -2.31. The van der Waals surface area contributed by atoms with E-state index >= 15 is 0 Å². The Morgan fingerprint density at radius 3 is 2.40 bits per heavy atom. The van der Waals surface area contributed by atoms with E-state index in [0.29, 0.717) is 12.8 Å². The van der Waals surface area contributed by atoms with Gasteiger partial charge in [0.15, 0.2) is 0 Å². The Bertz CT molecular complexity index is 512. The molecule has 110 valence electrons. The molecule has 0 spiro atoms. The summed E-state index contributed by atoms with van der Waals surface area (Å²) in [6.45, 7) is 0.125. The highest BCUT2D eigenvalue weighted by molar-refractivity contribution is 7.67. The van der Waals surface area contributed by atoms with Crippen LogP contribution in [0.3, 0.4) is 0 Å². The molecule has 0 aromatic rings. The molecule has 0 aromatic carbocycles. The van der Waals surface area contributed by atoms with Gasteiger partial charge in [0.1, 0.15) is 0 Å². The summed E-state index contributed by atoms with van der Waals surface area (Å²) in [6.07, 6.45) is 5.22. The van der Waals surface area contributed by atoms with Gasteiger partial charge in [-0.2, -0.15) is 8.42 Å². The van der Waals surface area contributed by atoms with Crippen molar-refractivity contribution in [1.29, 1.82) is 0 Å². The van der Waals surface area contributed by atoms with E-state index in [9.17, 15) is 22.8 Å². The van der Waals surface area contributed by atoms with Gasteiger partial charge in [-0.3, -0.25) is 19.3 Å². The van der Waals surface area contributed by atoms with Gasteiger partial charge in [-0.05, 0) is 18.8 Å². The Labute approximate surface area is 117 Å². The lowest BCUT2D eigenvalue weighted by atomic mass is 9.79. The number of thiol groups is 1. The maximum atomic E-state index is 11.7. The minimum atomic E-state index is -3.23. The Morgan fingerprint density at radius 2 is 1.80 bits per heavy atom. The Hall–Kier alpha value is -1.70. The van der Waals surface area contributed by atoms with E-state index in [1.165, 1.54) is 12.2 Å². The van der Waals surface area contributed by atoms with Gasteiger partial charge in [0.25, 0.3) is 11.8 Å². The van der Waals surface area contributed by atoms with Gasteiger partial charge in [0, 0.05) is 18.7 Å². The molecule has 2 atom stereocenters. The van der Waals surface area contributed by atoms with Crippen molar-refractivity contribution in [2.24, 2.45) is 11.8 Å². The number of carbonyl (C=O) groups is 3. The van der Waals surface area contributed by atoms with Crippen LogP contribution in [0.15, 0.2) is 12.2 Å². The normalized spacial score (nSPS) is 26.4. The third-order valence-electron chi connectivity index (χ3n) is 3.69. The zero-order valence-electron chi connectivity index (χ0n) is 10.7. The second kappa shape index (κ2) is 6.17. The first kappa shape index (κ1) is 14.7. The van der Waals surface area contributed by atoms with Crippen molar-refractivity contribution in [1.82, 2.24) is 4.90 Å². The highest BCUT2D eigenvalue weighted by Gasteiger charge is 2.36. The third-order valence-corrected chi connectivity index (χ3v) is 4.02. The molecule has 0 aromatic heterocycles. The summed E-state index contributed by atoms with van der Waals surface area (Å²) < 4.78 is 25.2. The monoisotopic (exact) mass is 301 g/mol. The molecule has 7 nitrogen and oxygen atoms in total. The molecule has 2 aliphatic rings. The number of carbonyl (C=O) groups excluding carboxylic acids is 3. The second-order valence-corrected chi connectivity index (χ2v) is 5.54. The topological polar surface area (TPSA) is 97.8 Å². The van der Waals surface area contributed by atoms with Crippen LogP contribution in [0.1, 0.15) is 25.7 Å². The molecule has 20 heavy (non-hydrogen) atoms. The second-order valence-electron chi connectivity index (χ2n) is 4.91. The van der Waals surface area contributed by atoms with E-state index in [2.05, 4.69) is 4.18 Å². The van der Waals surface area contributed by atoms with Crippen molar-refractivity contribution >= 4 is 28.8 Å². The molecule has 8 heteroatoms. The van der Waals surface area contributed by atoms with Gasteiger partial charge in [-0.15, -0.1) is 0 Å². The van der Waals surface area contributed by atoms with Crippen LogP contribution >= 0.6 is 0 Å². The van der Waals surface area contributed by atoms with Crippen LogP contribution in [-0.2, 0) is 29.6 Å². The smallest absolute Gasteiger partial charge is 0.325 e. The van der Waals surface area contributed by atoms with Crippen molar-refractivity contribution in [3.8, 4) is 0 Å². The first-order valence-electron chi connectivity index (χ1n) is 6.39. The number of nitrogens with zero attached hydrogens (tertiary/aromatic N) is 1. The predicted molar refractivity (Wildman–Crippen MR) is 67.7 cm³/mol. The fourth-order valence-corrected chi connectivity index (χ4v) is 3.01. The summed E-state index contributed by atoms with van der Waals surface area (Å²) >= 11 is 0. The zero-order valence-corrected chi connectivity index (χ0v) is 11.6. The average molecular weight is 301 g/mol. The van der Waals surface area contributed by atoms with E-state index in [4.69, 9.17) is 0 Å². The summed E-state index contributed by atoms with van der Waals surface area (Å²) in [5, 5.41) is 0. The molecule has 1 fully saturated rings. The molecule has 0 N–H and O–H groups in total. The molecule has 2 rings (SSSR count). The molecule has 1 aliphatic carbocycles. The van der Waals surface area contributed by atoms with Gasteiger partial charge in [-0.25, -0.2) is 0 Å². The van der Waals surface area contributed by atoms with E-state index in [0.717, 1.165) is 17.7 Å². The molecule has 1 saturated carbocycles. The molecule has 0 saturated heterocycles. The number of hydrogen-bond donors (Lipinski definition) is 1. The maximum absolute atomic E-state index is 11.7. The van der Waals surface area contributed by atoms with Crippen LogP contribution in [-0.4, -0.2) is 37.6 Å². The summed E-state index contributed by atoms with van der Waals surface area (Å²) in [6, 6.07) is 0. The Kier molecular flexibility index (Phi) is 4.53. The largest absolute Gasteiger partial charge is 0.347 e. The van der Waals surface area contributed by atoms with Gasteiger partial charge < -0.3 is 4.18 Å².